The third kappa shape index (κ3) is 4.38. The summed E-state index contributed by atoms with van der Waals surface area (Å²) < 4.78 is 5.44. The monoisotopic (exact) mass is 408 g/mol. The molecule has 2 aliphatic rings. The fourth-order valence-corrected chi connectivity index (χ4v) is 4.53. The van der Waals surface area contributed by atoms with Crippen LogP contribution in [0.15, 0.2) is 70.1 Å². The summed E-state index contributed by atoms with van der Waals surface area (Å²) in [4.78, 5) is 31.4. The highest BCUT2D eigenvalue weighted by molar-refractivity contribution is 8.04. The zero-order valence-electron chi connectivity index (χ0n) is 16.5. The molecule has 6 heteroatoms. The Labute approximate surface area is 175 Å². The van der Waals surface area contributed by atoms with Crippen molar-refractivity contribution in [2.45, 2.75) is 18.2 Å². The van der Waals surface area contributed by atoms with Gasteiger partial charge in [0.15, 0.2) is 0 Å². The molecule has 0 saturated carbocycles. The highest BCUT2D eigenvalue weighted by Crippen LogP contribution is 2.37. The van der Waals surface area contributed by atoms with Crippen molar-refractivity contribution in [2.75, 3.05) is 32.8 Å². The normalized spacial score (nSPS) is 17.4. The maximum Gasteiger partial charge on any atom is 0.278 e. The van der Waals surface area contributed by atoms with Gasteiger partial charge >= 0.3 is 0 Å². The highest BCUT2D eigenvalue weighted by Gasteiger charge is 2.41. The quantitative estimate of drug-likeness (QED) is 0.687. The number of thioether (sulfide) groups is 1. The molecule has 2 aliphatic heterocycles. The summed E-state index contributed by atoms with van der Waals surface area (Å²) in [6.45, 7) is 4.79. The van der Waals surface area contributed by atoms with Crippen LogP contribution in [0.4, 0.5) is 0 Å². The largest absolute Gasteiger partial charge is 0.378 e. The number of carbonyl (C=O) groups excluding carboxylic acids is 2. The Kier molecular flexibility index (Phi) is 6.02. The van der Waals surface area contributed by atoms with Crippen molar-refractivity contribution in [2.24, 2.45) is 0 Å². The van der Waals surface area contributed by atoms with E-state index in [1.807, 2.05) is 66.4 Å². The summed E-state index contributed by atoms with van der Waals surface area (Å²) in [6, 6.07) is 18.0. The van der Waals surface area contributed by atoms with E-state index in [9.17, 15) is 9.59 Å². The van der Waals surface area contributed by atoms with E-state index < -0.39 is 0 Å². The van der Waals surface area contributed by atoms with E-state index in [2.05, 4.69) is 0 Å². The van der Waals surface area contributed by atoms with Gasteiger partial charge in [0.25, 0.3) is 11.8 Å². The Morgan fingerprint density at radius 2 is 1.62 bits per heavy atom. The van der Waals surface area contributed by atoms with E-state index in [1.54, 1.807) is 0 Å². The average Bonchev–Trinajstić information content (AvgIpc) is 2.99. The zero-order chi connectivity index (χ0) is 20.2. The number of aryl methyl sites for hydroxylation is 1. The Bertz CT molecular complexity index is 919. The molecule has 29 heavy (non-hydrogen) atoms. The van der Waals surface area contributed by atoms with Crippen LogP contribution in [0.5, 0.6) is 0 Å². The molecule has 0 aromatic heterocycles. The van der Waals surface area contributed by atoms with E-state index in [4.69, 9.17) is 4.74 Å². The van der Waals surface area contributed by atoms with Crippen LogP contribution in [0.1, 0.15) is 11.1 Å². The van der Waals surface area contributed by atoms with Crippen LogP contribution in [0, 0.1) is 6.92 Å². The zero-order valence-corrected chi connectivity index (χ0v) is 17.3. The summed E-state index contributed by atoms with van der Waals surface area (Å²) in [5.74, 6) is -0.388. The van der Waals surface area contributed by atoms with Crippen LogP contribution in [-0.4, -0.2) is 54.5 Å². The predicted molar refractivity (Wildman–Crippen MR) is 113 cm³/mol. The first-order chi connectivity index (χ1) is 14.1. The van der Waals surface area contributed by atoms with Crippen LogP contribution >= 0.6 is 11.8 Å². The molecule has 2 aromatic carbocycles. The summed E-state index contributed by atoms with van der Waals surface area (Å²) in [7, 11) is 0. The maximum atomic E-state index is 13.2. The predicted octanol–water partition coefficient (Wildman–Crippen LogP) is 3.24. The summed E-state index contributed by atoms with van der Waals surface area (Å²) in [5.41, 5.74) is 2.80. The molecule has 1 saturated heterocycles. The number of nitrogens with zero attached hydrogens (tertiary/aromatic N) is 2. The number of morpholine rings is 1. The second-order valence-electron chi connectivity index (χ2n) is 7.19. The van der Waals surface area contributed by atoms with Crippen molar-refractivity contribution in [3.63, 3.8) is 0 Å². The summed E-state index contributed by atoms with van der Waals surface area (Å²) in [6.07, 6.45) is 0.650. The van der Waals surface area contributed by atoms with Gasteiger partial charge in [-0.15, -0.1) is 0 Å². The molecule has 0 N–H and O–H groups in total. The van der Waals surface area contributed by atoms with Gasteiger partial charge in [-0.25, -0.2) is 0 Å². The number of carbonyl (C=O) groups is 2. The van der Waals surface area contributed by atoms with Gasteiger partial charge in [0.1, 0.15) is 10.6 Å². The molecule has 0 atom stereocenters. The van der Waals surface area contributed by atoms with Gasteiger partial charge in [-0.1, -0.05) is 59.8 Å². The first kappa shape index (κ1) is 19.7. The first-order valence-electron chi connectivity index (χ1n) is 9.85. The topological polar surface area (TPSA) is 49.9 Å². The molecule has 2 heterocycles. The second kappa shape index (κ2) is 8.84. The lowest BCUT2D eigenvalue weighted by Crippen LogP contribution is -2.40. The van der Waals surface area contributed by atoms with Crippen molar-refractivity contribution >= 4 is 23.6 Å². The molecule has 5 nitrogen and oxygen atoms in total. The molecule has 0 spiro atoms. The van der Waals surface area contributed by atoms with Gasteiger partial charge in [-0.05, 0) is 31.0 Å². The molecule has 0 bridgehead atoms. The standard InChI is InChI=1S/C23H24N2O3S/c1-17-7-9-19(10-8-17)29-21-20(24-13-15-28-16-14-24)22(26)25(23(21)27)12-11-18-5-3-2-4-6-18/h2-10H,11-16H2,1H3. The lowest BCUT2D eigenvalue weighted by Gasteiger charge is -2.29. The Morgan fingerprint density at radius 1 is 0.931 bits per heavy atom. The molecule has 0 unspecified atom stereocenters. The van der Waals surface area contributed by atoms with Crippen LogP contribution < -0.4 is 0 Å². The van der Waals surface area contributed by atoms with E-state index in [0.29, 0.717) is 49.9 Å². The molecule has 4 rings (SSSR count). The second-order valence-corrected chi connectivity index (χ2v) is 8.27. The van der Waals surface area contributed by atoms with Gasteiger partial charge in [0.05, 0.1) is 13.2 Å². The number of imide groups is 1. The van der Waals surface area contributed by atoms with Crippen LogP contribution in [0.2, 0.25) is 0 Å². The van der Waals surface area contributed by atoms with Crippen LogP contribution in [0.3, 0.4) is 0 Å². The molecule has 0 radical (unpaired) electrons. The Hall–Kier alpha value is -2.57. The lowest BCUT2D eigenvalue weighted by atomic mass is 10.1. The van der Waals surface area contributed by atoms with Crippen molar-refractivity contribution in [1.29, 1.82) is 0 Å². The smallest absolute Gasteiger partial charge is 0.278 e. The van der Waals surface area contributed by atoms with Crippen molar-refractivity contribution < 1.29 is 14.3 Å². The van der Waals surface area contributed by atoms with E-state index in [-0.39, 0.29) is 11.8 Å². The molecule has 2 amide bonds. The van der Waals surface area contributed by atoms with Crippen molar-refractivity contribution in [1.82, 2.24) is 9.80 Å². The number of hydrogen-bond donors (Lipinski definition) is 0. The van der Waals surface area contributed by atoms with Gasteiger partial charge in [-0.2, -0.15) is 0 Å². The maximum absolute atomic E-state index is 13.2. The lowest BCUT2D eigenvalue weighted by molar-refractivity contribution is -0.138. The minimum Gasteiger partial charge on any atom is -0.378 e. The third-order valence-corrected chi connectivity index (χ3v) is 6.22. The number of amides is 2. The molecule has 2 aromatic rings. The number of rotatable bonds is 6. The minimum absolute atomic E-state index is 0.192. The summed E-state index contributed by atoms with van der Waals surface area (Å²) >= 11 is 1.38. The van der Waals surface area contributed by atoms with Gasteiger partial charge in [0, 0.05) is 24.5 Å². The summed E-state index contributed by atoms with van der Waals surface area (Å²) in [5, 5.41) is 0. The fourth-order valence-electron chi connectivity index (χ4n) is 3.51. The van der Waals surface area contributed by atoms with Crippen molar-refractivity contribution in [3.8, 4) is 0 Å². The third-order valence-electron chi connectivity index (χ3n) is 5.14. The SMILES string of the molecule is Cc1ccc(SC2=C(N3CCOCC3)C(=O)N(CCc3ccccc3)C2=O)cc1. The number of ether oxygens (including phenoxy) is 1. The Balaban J connectivity index is 1.59. The van der Waals surface area contributed by atoms with Gasteiger partial charge < -0.3 is 9.64 Å². The Morgan fingerprint density at radius 3 is 2.31 bits per heavy atom. The van der Waals surface area contributed by atoms with E-state index >= 15 is 0 Å². The van der Waals surface area contributed by atoms with Crippen LogP contribution in [-0.2, 0) is 20.7 Å². The molecule has 1 fully saturated rings. The molecular weight excluding hydrogens is 384 g/mol. The number of benzene rings is 2. The molecule has 0 aliphatic carbocycles. The average molecular weight is 409 g/mol. The van der Waals surface area contributed by atoms with Gasteiger partial charge in [0.2, 0.25) is 0 Å². The molecular formula is C23H24N2O3S. The van der Waals surface area contributed by atoms with Gasteiger partial charge in [-0.3, -0.25) is 14.5 Å². The number of hydrogen-bond acceptors (Lipinski definition) is 5. The minimum atomic E-state index is -0.196. The highest BCUT2D eigenvalue weighted by atomic mass is 32.2. The van der Waals surface area contributed by atoms with E-state index in [0.717, 1.165) is 16.0 Å². The first-order valence-corrected chi connectivity index (χ1v) is 10.7. The fraction of sp³-hybridized carbons (Fsp3) is 0.304. The molecule has 150 valence electrons. The van der Waals surface area contributed by atoms with Crippen molar-refractivity contribution in [3.05, 3.63) is 76.3 Å². The van der Waals surface area contributed by atoms with E-state index in [1.165, 1.54) is 16.7 Å². The van der Waals surface area contributed by atoms with Crippen LogP contribution in [0.25, 0.3) is 0 Å².